The number of H-pyrrole nitrogens is 1. The van der Waals surface area contributed by atoms with Crippen LogP contribution in [0, 0.1) is 11.3 Å². The second-order valence-electron chi connectivity index (χ2n) is 7.22. The molecule has 2 aliphatic rings. The number of aromatic amines is 1. The van der Waals surface area contributed by atoms with Gasteiger partial charge < -0.3 is 10.1 Å². The van der Waals surface area contributed by atoms with Crippen LogP contribution in [0.2, 0.25) is 0 Å². The molecule has 2 fully saturated rings. The highest BCUT2D eigenvalue weighted by atomic mass is 16.5. The molecule has 5 heteroatoms. The van der Waals surface area contributed by atoms with Crippen molar-refractivity contribution >= 4 is 11.7 Å². The van der Waals surface area contributed by atoms with Crippen LogP contribution in [0.25, 0.3) is 0 Å². The molecule has 5 nitrogen and oxygen atoms in total. The first kappa shape index (κ1) is 13.6. The van der Waals surface area contributed by atoms with Crippen molar-refractivity contribution in [2.75, 3.05) is 5.32 Å². The van der Waals surface area contributed by atoms with E-state index in [1.165, 1.54) is 0 Å². The van der Waals surface area contributed by atoms with E-state index in [2.05, 4.69) is 36.3 Å². The number of aromatic nitrogens is 2. The quantitative estimate of drug-likeness (QED) is 0.892. The van der Waals surface area contributed by atoms with Gasteiger partial charge in [-0.3, -0.25) is 9.89 Å². The molecule has 0 aliphatic carbocycles. The molecule has 3 atom stereocenters. The molecule has 20 heavy (non-hydrogen) atoms. The Kier molecular flexibility index (Phi) is 3.32. The van der Waals surface area contributed by atoms with E-state index >= 15 is 0 Å². The van der Waals surface area contributed by atoms with Crippen LogP contribution in [-0.2, 0) is 16.0 Å². The van der Waals surface area contributed by atoms with Crippen molar-refractivity contribution in [3.63, 3.8) is 0 Å². The van der Waals surface area contributed by atoms with E-state index in [4.69, 9.17) is 4.74 Å². The van der Waals surface area contributed by atoms with Crippen LogP contribution in [0.15, 0.2) is 6.07 Å². The average molecular weight is 277 g/mol. The van der Waals surface area contributed by atoms with Gasteiger partial charge >= 0.3 is 0 Å². The molecule has 1 aromatic heterocycles. The maximum Gasteiger partial charge on any atom is 0.231 e. The lowest BCUT2D eigenvalue weighted by Gasteiger charge is -2.17. The van der Waals surface area contributed by atoms with E-state index in [1.54, 1.807) is 0 Å². The number of hydrogen-bond acceptors (Lipinski definition) is 3. The van der Waals surface area contributed by atoms with Crippen LogP contribution in [0.3, 0.4) is 0 Å². The van der Waals surface area contributed by atoms with Gasteiger partial charge in [-0.05, 0) is 31.1 Å². The summed E-state index contributed by atoms with van der Waals surface area (Å²) in [7, 11) is 0. The average Bonchev–Trinajstić information content (AvgIpc) is 3.02. The molecule has 0 saturated carbocycles. The van der Waals surface area contributed by atoms with Crippen molar-refractivity contribution in [3.8, 4) is 0 Å². The number of anilines is 1. The Morgan fingerprint density at radius 3 is 2.90 bits per heavy atom. The van der Waals surface area contributed by atoms with Crippen LogP contribution in [0.4, 0.5) is 5.82 Å². The highest BCUT2D eigenvalue weighted by molar-refractivity contribution is 5.92. The molecule has 2 bridgehead atoms. The molecule has 3 rings (SSSR count). The fourth-order valence-electron chi connectivity index (χ4n) is 3.22. The van der Waals surface area contributed by atoms with Crippen LogP contribution in [0.1, 0.15) is 45.7 Å². The zero-order chi connectivity index (χ0) is 14.3. The maximum atomic E-state index is 12.3. The smallest absolute Gasteiger partial charge is 0.231 e. The number of fused-ring (bicyclic) bond motifs is 2. The Bertz CT molecular complexity index is 503. The summed E-state index contributed by atoms with van der Waals surface area (Å²) >= 11 is 0. The predicted molar refractivity (Wildman–Crippen MR) is 76.4 cm³/mol. The highest BCUT2D eigenvalue weighted by Crippen LogP contribution is 2.39. The molecule has 1 amide bonds. The summed E-state index contributed by atoms with van der Waals surface area (Å²) < 4.78 is 5.73. The third-order valence-electron chi connectivity index (χ3n) is 4.05. The highest BCUT2D eigenvalue weighted by Gasteiger charge is 2.44. The normalized spacial score (nSPS) is 28.9. The predicted octanol–water partition coefficient (Wildman–Crippen LogP) is 2.50. The number of amides is 1. The van der Waals surface area contributed by atoms with Gasteiger partial charge in [-0.15, -0.1) is 0 Å². The summed E-state index contributed by atoms with van der Waals surface area (Å²) in [5.74, 6) is 0.666. The van der Waals surface area contributed by atoms with Crippen LogP contribution < -0.4 is 5.32 Å². The van der Waals surface area contributed by atoms with E-state index in [9.17, 15) is 4.79 Å². The van der Waals surface area contributed by atoms with Gasteiger partial charge in [-0.1, -0.05) is 20.8 Å². The van der Waals surface area contributed by atoms with Crippen molar-refractivity contribution in [3.05, 3.63) is 11.8 Å². The van der Waals surface area contributed by atoms with E-state index in [1.807, 2.05) is 6.07 Å². The number of nitrogens with one attached hydrogen (secondary N) is 2. The summed E-state index contributed by atoms with van der Waals surface area (Å²) in [4.78, 5) is 12.3. The zero-order valence-electron chi connectivity index (χ0n) is 12.4. The first-order chi connectivity index (χ1) is 9.40. The maximum absolute atomic E-state index is 12.3. The molecule has 1 aromatic rings. The lowest BCUT2D eigenvalue weighted by molar-refractivity contribution is -0.121. The fourth-order valence-corrected chi connectivity index (χ4v) is 3.22. The van der Waals surface area contributed by atoms with Crippen molar-refractivity contribution in [1.29, 1.82) is 0 Å². The number of ether oxygens (including phenoxy) is 1. The summed E-state index contributed by atoms with van der Waals surface area (Å²) in [6.45, 7) is 6.54. The molecule has 2 N–H and O–H groups in total. The Morgan fingerprint density at radius 1 is 1.50 bits per heavy atom. The van der Waals surface area contributed by atoms with Gasteiger partial charge in [0.1, 0.15) is 0 Å². The zero-order valence-corrected chi connectivity index (χ0v) is 12.4. The van der Waals surface area contributed by atoms with Gasteiger partial charge in [0.2, 0.25) is 5.91 Å². The van der Waals surface area contributed by atoms with Gasteiger partial charge in [-0.25, -0.2) is 0 Å². The van der Waals surface area contributed by atoms with Gasteiger partial charge in [-0.2, -0.15) is 5.10 Å². The van der Waals surface area contributed by atoms with E-state index in [-0.39, 0.29) is 23.3 Å². The van der Waals surface area contributed by atoms with Crippen LogP contribution in [0.5, 0.6) is 0 Å². The van der Waals surface area contributed by atoms with Crippen molar-refractivity contribution in [2.45, 2.75) is 58.7 Å². The largest absolute Gasteiger partial charge is 0.374 e. The minimum absolute atomic E-state index is 0.00323. The molecule has 3 heterocycles. The summed E-state index contributed by atoms with van der Waals surface area (Å²) in [5.41, 5.74) is 1.25. The minimum atomic E-state index is -0.00323. The molecular weight excluding hydrogens is 254 g/mol. The van der Waals surface area contributed by atoms with Crippen molar-refractivity contribution in [1.82, 2.24) is 10.2 Å². The second kappa shape index (κ2) is 4.88. The Morgan fingerprint density at radius 2 is 2.30 bits per heavy atom. The molecule has 2 saturated heterocycles. The van der Waals surface area contributed by atoms with Gasteiger partial charge in [0.25, 0.3) is 0 Å². The molecule has 0 aromatic carbocycles. The first-order valence-corrected chi connectivity index (χ1v) is 7.41. The monoisotopic (exact) mass is 277 g/mol. The summed E-state index contributed by atoms with van der Waals surface area (Å²) in [6, 6.07) is 1.93. The number of carbonyl (C=O) groups excluding carboxylic acids is 1. The molecule has 110 valence electrons. The summed E-state index contributed by atoms with van der Waals surface area (Å²) in [6.07, 6.45) is 4.30. The Labute approximate surface area is 119 Å². The number of rotatable bonds is 3. The SMILES string of the molecule is CC(C)(C)Cc1cc(NC(=O)[C@H]2C[C@H]3CC[C@H]2O3)n[nH]1. The molecule has 0 unspecified atom stereocenters. The van der Waals surface area contributed by atoms with Gasteiger partial charge in [0.15, 0.2) is 5.82 Å². The van der Waals surface area contributed by atoms with Crippen LogP contribution >= 0.6 is 0 Å². The van der Waals surface area contributed by atoms with Crippen molar-refractivity contribution < 1.29 is 9.53 Å². The Hall–Kier alpha value is -1.36. The van der Waals surface area contributed by atoms with Crippen molar-refractivity contribution in [2.24, 2.45) is 11.3 Å². The third kappa shape index (κ3) is 2.87. The number of nitrogens with zero attached hydrogens (tertiary/aromatic N) is 1. The lowest BCUT2D eigenvalue weighted by Crippen LogP contribution is -2.30. The molecule has 0 spiro atoms. The number of carbonyl (C=O) groups is 1. The second-order valence-corrected chi connectivity index (χ2v) is 7.22. The van der Waals surface area contributed by atoms with Gasteiger partial charge in [0, 0.05) is 11.8 Å². The summed E-state index contributed by atoms with van der Waals surface area (Å²) in [5, 5.41) is 10.1. The first-order valence-electron chi connectivity index (χ1n) is 7.41. The molecule has 2 aliphatic heterocycles. The molecular formula is C15H23N3O2. The van der Waals surface area contributed by atoms with E-state index in [0.717, 1.165) is 31.4 Å². The van der Waals surface area contributed by atoms with E-state index in [0.29, 0.717) is 11.9 Å². The lowest BCUT2D eigenvalue weighted by atomic mass is 9.88. The van der Waals surface area contributed by atoms with E-state index < -0.39 is 0 Å². The third-order valence-corrected chi connectivity index (χ3v) is 4.05. The number of hydrogen-bond donors (Lipinski definition) is 2. The van der Waals surface area contributed by atoms with Crippen LogP contribution in [-0.4, -0.2) is 28.3 Å². The van der Waals surface area contributed by atoms with Gasteiger partial charge in [0.05, 0.1) is 18.1 Å². The minimum Gasteiger partial charge on any atom is -0.374 e. The standard InChI is InChI=1S/C15H23N3O2/c1-15(2,3)8-9-6-13(18-17-9)16-14(19)11-7-10-4-5-12(11)20-10/h6,10-12H,4-5,7-8H2,1-3H3,(H2,16,17,18,19)/t10-,11+,12-/m1/s1. The molecule has 0 radical (unpaired) electrons. The topological polar surface area (TPSA) is 67.0 Å². The Balaban J connectivity index is 1.59. The fraction of sp³-hybridized carbons (Fsp3) is 0.733.